The van der Waals surface area contributed by atoms with Crippen LogP contribution in [0.3, 0.4) is 0 Å². The van der Waals surface area contributed by atoms with E-state index in [2.05, 4.69) is 5.32 Å². The average Bonchev–Trinajstić information content (AvgIpc) is 3.14. The second-order valence-corrected chi connectivity index (χ2v) is 8.02. The van der Waals surface area contributed by atoms with Crippen LogP contribution in [-0.2, 0) is 9.59 Å². The highest BCUT2D eigenvalue weighted by Gasteiger charge is 2.22. The van der Waals surface area contributed by atoms with Gasteiger partial charge in [0.1, 0.15) is 0 Å². The first-order valence-electron chi connectivity index (χ1n) is 9.26. The number of carboxylic acid groups (broad SMARTS) is 1. The molecule has 2 amide bonds. The van der Waals surface area contributed by atoms with Gasteiger partial charge in [-0.1, -0.05) is 38.2 Å². The molecule has 0 spiro atoms. The van der Waals surface area contributed by atoms with E-state index in [0.717, 1.165) is 19.3 Å². The van der Waals surface area contributed by atoms with Gasteiger partial charge in [-0.05, 0) is 30.2 Å². The summed E-state index contributed by atoms with van der Waals surface area (Å²) in [5.41, 5.74) is 0. The molecule has 0 saturated heterocycles. The minimum Gasteiger partial charge on any atom is -0.481 e. The van der Waals surface area contributed by atoms with Crippen molar-refractivity contribution in [2.24, 2.45) is 5.92 Å². The Morgan fingerprint density at radius 3 is 2.65 bits per heavy atom. The lowest BCUT2D eigenvalue weighted by molar-refractivity contribution is -0.137. The molecule has 1 fully saturated rings. The fourth-order valence-electron chi connectivity index (χ4n) is 3.52. The van der Waals surface area contributed by atoms with E-state index in [4.69, 9.17) is 5.11 Å². The van der Waals surface area contributed by atoms with Crippen LogP contribution in [0.25, 0.3) is 0 Å². The molecule has 144 valence electrons. The summed E-state index contributed by atoms with van der Waals surface area (Å²) in [7, 11) is 1.61. The van der Waals surface area contributed by atoms with Crippen molar-refractivity contribution >= 4 is 29.1 Å². The molecule has 1 aromatic rings. The number of nitrogens with one attached hydrogen (secondary N) is 1. The van der Waals surface area contributed by atoms with Gasteiger partial charge in [-0.25, -0.2) is 0 Å². The number of carbonyl (C=O) groups excluding carboxylic acids is 2. The number of rotatable bonds is 9. The van der Waals surface area contributed by atoms with Gasteiger partial charge in [-0.2, -0.15) is 0 Å². The zero-order valence-electron chi connectivity index (χ0n) is 15.3. The number of amides is 2. The van der Waals surface area contributed by atoms with Gasteiger partial charge < -0.3 is 15.3 Å². The molecule has 1 heterocycles. The lowest BCUT2D eigenvalue weighted by atomic mass is 9.84. The molecule has 1 unspecified atom stereocenters. The van der Waals surface area contributed by atoms with Crippen LogP contribution in [-0.4, -0.2) is 47.4 Å². The summed E-state index contributed by atoms with van der Waals surface area (Å²) >= 11 is 1.35. The zero-order valence-corrected chi connectivity index (χ0v) is 16.1. The minimum absolute atomic E-state index is 0.0228. The van der Waals surface area contributed by atoms with Gasteiger partial charge in [0.05, 0.1) is 11.4 Å². The Balaban J connectivity index is 1.86. The van der Waals surface area contributed by atoms with Crippen molar-refractivity contribution < 1.29 is 19.5 Å². The fourth-order valence-corrected chi connectivity index (χ4v) is 4.24. The maximum absolute atomic E-state index is 12.4. The first kappa shape index (κ1) is 20.4. The molecule has 1 atom stereocenters. The Kier molecular flexibility index (Phi) is 8.09. The molecular formula is C19H28N2O4S. The van der Waals surface area contributed by atoms with Crippen molar-refractivity contribution in [2.75, 3.05) is 13.6 Å². The van der Waals surface area contributed by atoms with Crippen molar-refractivity contribution in [3.05, 3.63) is 22.4 Å². The number of nitrogens with zero attached hydrogens (tertiary/aromatic N) is 1. The Bertz CT molecular complexity index is 597. The predicted octanol–water partition coefficient (Wildman–Crippen LogP) is 3.14. The van der Waals surface area contributed by atoms with Crippen LogP contribution in [0, 0.1) is 5.92 Å². The molecule has 0 aliphatic heterocycles. The summed E-state index contributed by atoms with van der Waals surface area (Å²) < 4.78 is 0. The number of carbonyl (C=O) groups is 3. The topological polar surface area (TPSA) is 86.7 Å². The molecule has 2 N–H and O–H groups in total. The zero-order chi connectivity index (χ0) is 18.9. The monoisotopic (exact) mass is 380 g/mol. The second-order valence-electron chi connectivity index (χ2n) is 7.08. The minimum atomic E-state index is -0.849. The maximum Gasteiger partial charge on any atom is 0.303 e. The summed E-state index contributed by atoms with van der Waals surface area (Å²) in [5, 5.41) is 13.7. The summed E-state index contributed by atoms with van der Waals surface area (Å²) in [6.07, 6.45) is 7.28. The largest absolute Gasteiger partial charge is 0.481 e. The van der Waals surface area contributed by atoms with E-state index in [1.54, 1.807) is 19.2 Å². The van der Waals surface area contributed by atoms with Gasteiger partial charge in [0.25, 0.3) is 5.91 Å². The molecule has 26 heavy (non-hydrogen) atoms. The van der Waals surface area contributed by atoms with Crippen LogP contribution in [0.5, 0.6) is 0 Å². The Labute approximate surface area is 158 Å². The summed E-state index contributed by atoms with van der Waals surface area (Å²) in [4.78, 5) is 37.5. The standard InChI is InChI=1S/C19H28N2O4S/c1-21(19(25)16-8-5-11-26-16)13-17(22)20-15(9-10-18(23)24)12-14-6-3-2-4-7-14/h5,8,11,14-15H,2-4,6-7,9-10,12-13H2,1H3,(H,20,22)(H,23,24). The Morgan fingerprint density at radius 2 is 2.04 bits per heavy atom. The fraction of sp³-hybridized carbons (Fsp3) is 0.632. The third kappa shape index (κ3) is 6.78. The van der Waals surface area contributed by atoms with Crippen LogP contribution in [0.1, 0.15) is 61.0 Å². The van der Waals surface area contributed by atoms with Crippen LogP contribution >= 0.6 is 11.3 Å². The molecule has 1 aromatic heterocycles. The first-order chi connectivity index (χ1) is 12.5. The quantitative estimate of drug-likeness (QED) is 0.689. The maximum atomic E-state index is 12.4. The summed E-state index contributed by atoms with van der Waals surface area (Å²) in [6, 6.07) is 3.39. The molecule has 0 bridgehead atoms. The number of hydrogen-bond donors (Lipinski definition) is 2. The van der Waals surface area contributed by atoms with Crippen molar-refractivity contribution in [1.82, 2.24) is 10.2 Å². The first-order valence-corrected chi connectivity index (χ1v) is 10.1. The van der Waals surface area contributed by atoms with Gasteiger partial charge in [-0.3, -0.25) is 14.4 Å². The summed E-state index contributed by atoms with van der Waals surface area (Å²) in [6.45, 7) is -0.0228. The van der Waals surface area contributed by atoms with Crippen LogP contribution < -0.4 is 5.32 Å². The number of likely N-dealkylation sites (N-methyl/N-ethyl adjacent to an activating group) is 1. The lowest BCUT2D eigenvalue weighted by Gasteiger charge is -2.27. The van der Waals surface area contributed by atoms with Crippen LogP contribution in [0.15, 0.2) is 17.5 Å². The third-order valence-electron chi connectivity index (χ3n) is 4.87. The molecule has 1 aliphatic carbocycles. The number of thiophene rings is 1. The van der Waals surface area contributed by atoms with Crippen molar-refractivity contribution in [3.63, 3.8) is 0 Å². The molecule has 6 nitrogen and oxygen atoms in total. The lowest BCUT2D eigenvalue weighted by Crippen LogP contribution is -2.43. The molecule has 2 rings (SSSR count). The number of hydrogen-bond acceptors (Lipinski definition) is 4. The van der Waals surface area contributed by atoms with Crippen LogP contribution in [0.4, 0.5) is 0 Å². The van der Waals surface area contributed by atoms with E-state index in [1.807, 2.05) is 5.38 Å². The summed E-state index contributed by atoms with van der Waals surface area (Å²) in [5.74, 6) is -0.709. The molecule has 7 heteroatoms. The molecular weight excluding hydrogens is 352 g/mol. The highest BCUT2D eigenvalue weighted by molar-refractivity contribution is 7.12. The Hall–Kier alpha value is -1.89. The van der Waals surface area contributed by atoms with Crippen molar-refractivity contribution in [3.8, 4) is 0 Å². The normalized spacial score (nSPS) is 16.0. The average molecular weight is 381 g/mol. The Morgan fingerprint density at radius 1 is 1.31 bits per heavy atom. The predicted molar refractivity (Wildman–Crippen MR) is 101 cm³/mol. The van der Waals surface area contributed by atoms with Gasteiger partial charge in [0.15, 0.2) is 0 Å². The van der Waals surface area contributed by atoms with E-state index >= 15 is 0 Å². The SMILES string of the molecule is CN(CC(=O)NC(CCC(=O)O)CC1CCCCC1)C(=O)c1cccs1. The molecule has 0 radical (unpaired) electrons. The highest BCUT2D eigenvalue weighted by atomic mass is 32.1. The van der Waals surface area contributed by atoms with Gasteiger partial charge in [0.2, 0.25) is 5.91 Å². The molecule has 0 aromatic carbocycles. The molecule has 1 aliphatic rings. The van der Waals surface area contributed by atoms with E-state index in [-0.39, 0.29) is 30.8 Å². The van der Waals surface area contributed by atoms with Gasteiger partial charge >= 0.3 is 5.97 Å². The molecule has 1 saturated carbocycles. The van der Waals surface area contributed by atoms with E-state index in [1.165, 1.54) is 35.5 Å². The van der Waals surface area contributed by atoms with Gasteiger partial charge in [-0.15, -0.1) is 11.3 Å². The number of aliphatic carboxylic acids is 1. The van der Waals surface area contributed by atoms with Gasteiger partial charge in [0, 0.05) is 19.5 Å². The van der Waals surface area contributed by atoms with Crippen molar-refractivity contribution in [1.29, 1.82) is 0 Å². The number of carboxylic acids is 1. The smallest absolute Gasteiger partial charge is 0.303 e. The van der Waals surface area contributed by atoms with Crippen LogP contribution in [0.2, 0.25) is 0 Å². The van der Waals surface area contributed by atoms with E-state index in [9.17, 15) is 14.4 Å². The highest BCUT2D eigenvalue weighted by Crippen LogP contribution is 2.28. The van der Waals surface area contributed by atoms with Crippen molar-refractivity contribution in [2.45, 2.75) is 57.4 Å². The van der Waals surface area contributed by atoms with E-state index < -0.39 is 5.97 Å². The van der Waals surface area contributed by atoms with E-state index in [0.29, 0.717) is 17.2 Å². The third-order valence-corrected chi connectivity index (χ3v) is 5.73. The second kappa shape index (κ2) is 10.3.